The molecule has 0 amide bonds. The van der Waals surface area contributed by atoms with Crippen molar-refractivity contribution in [2.24, 2.45) is 0 Å². The molecule has 0 heterocycles. The number of hydrogen-bond acceptors (Lipinski definition) is 5. The maximum Gasteiger partial charge on any atom is 0.345 e. The van der Waals surface area contributed by atoms with Crippen LogP contribution in [-0.2, 0) is 26.1 Å². The number of rotatable bonds is 10. The van der Waals surface area contributed by atoms with Gasteiger partial charge in [0.05, 0.1) is 12.9 Å². The van der Waals surface area contributed by atoms with Crippen LogP contribution in [0.1, 0.15) is 5.56 Å². The number of sulfonamides is 1. The molecule has 0 radical (unpaired) electrons. The Morgan fingerprint density at radius 2 is 1.95 bits per heavy atom. The van der Waals surface area contributed by atoms with Gasteiger partial charge in [0, 0.05) is 13.1 Å². The number of benzene rings is 1. The van der Waals surface area contributed by atoms with Gasteiger partial charge < -0.3 is 14.8 Å². The Hall–Kier alpha value is -1.42. The van der Waals surface area contributed by atoms with E-state index in [9.17, 15) is 22.0 Å². The maximum absolute atomic E-state index is 12.2. The number of hydrogen-bond donors (Lipinski definition) is 2. The fourth-order valence-electron chi connectivity index (χ4n) is 1.82. The third kappa shape index (κ3) is 7.03. The van der Waals surface area contributed by atoms with Crippen LogP contribution in [0.4, 0.5) is 8.78 Å². The highest BCUT2D eigenvalue weighted by molar-refractivity contribution is 7.88. The number of halogens is 2. The summed E-state index contributed by atoms with van der Waals surface area (Å²) in [6, 6.07) is 9.13. The van der Waals surface area contributed by atoms with Crippen LogP contribution in [-0.4, -0.2) is 46.3 Å². The fraction of sp³-hybridized carbons (Fsp3) is 0.462. The topological polar surface area (TPSA) is 84.5 Å². The molecule has 1 aromatic carbocycles. The van der Waals surface area contributed by atoms with E-state index in [0.29, 0.717) is 6.54 Å². The minimum Gasteiger partial charge on any atom is -0.320 e. The van der Waals surface area contributed by atoms with E-state index < -0.39 is 28.8 Å². The van der Waals surface area contributed by atoms with Gasteiger partial charge in [0.25, 0.3) is 0 Å². The number of carbonyl (C=O) groups is 1. The van der Waals surface area contributed by atoms with Crippen LogP contribution in [0.2, 0.25) is 0 Å². The largest absolute Gasteiger partial charge is 0.345 e. The minimum atomic E-state index is -3.78. The molecule has 22 heavy (non-hydrogen) atoms. The van der Waals surface area contributed by atoms with Gasteiger partial charge in [-0.15, -0.1) is 0 Å². The number of alkyl halides is 2. The second kappa shape index (κ2) is 8.28. The van der Waals surface area contributed by atoms with Crippen molar-refractivity contribution < 1.29 is 26.7 Å². The van der Waals surface area contributed by atoms with E-state index in [2.05, 4.69) is 10.1 Å². The molecule has 0 fully saturated rings. The smallest absolute Gasteiger partial charge is 0.320 e. The van der Waals surface area contributed by atoms with Gasteiger partial charge in [-0.05, 0) is 5.56 Å². The standard InChI is InChI=1S/C13H18F2N2O4S/c1-22(19,20)17-13(9-18,10-21-12(14)15)8-16-7-11-5-3-2-4-6-11/h2-6,9,12,16-17H,7-8,10H2,1H3/t13-/m0/s1. The summed E-state index contributed by atoms with van der Waals surface area (Å²) in [5.74, 6) is 0. The van der Waals surface area contributed by atoms with Gasteiger partial charge in [0.2, 0.25) is 10.0 Å². The second-order valence-corrected chi connectivity index (χ2v) is 6.56. The number of aldehydes is 1. The molecular weight excluding hydrogens is 318 g/mol. The van der Waals surface area contributed by atoms with E-state index in [1.54, 1.807) is 0 Å². The Kier molecular flexibility index (Phi) is 7.01. The summed E-state index contributed by atoms with van der Waals surface area (Å²) in [6.07, 6.45) is 1.10. The molecule has 0 saturated carbocycles. The summed E-state index contributed by atoms with van der Waals surface area (Å²) in [5.41, 5.74) is -0.893. The Morgan fingerprint density at radius 3 is 2.45 bits per heavy atom. The van der Waals surface area contributed by atoms with Gasteiger partial charge in [0.1, 0.15) is 11.8 Å². The molecule has 1 rings (SSSR count). The minimum absolute atomic E-state index is 0.189. The lowest BCUT2D eigenvalue weighted by Gasteiger charge is -2.28. The van der Waals surface area contributed by atoms with Gasteiger partial charge in [0.15, 0.2) is 0 Å². The van der Waals surface area contributed by atoms with Crippen molar-refractivity contribution in [1.82, 2.24) is 10.0 Å². The Morgan fingerprint density at radius 1 is 1.32 bits per heavy atom. The van der Waals surface area contributed by atoms with E-state index in [1.807, 2.05) is 35.1 Å². The lowest BCUT2D eigenvalue weighted by Crippen LogP contribution is -2.59. The Labute approximate surface area is 127 Å². The van der Waals surface area contributed by atoms with Crippen molar-refractivity contribution >= 4 is 16.3 Å². The SMILES string of the molecule is CS(=O)(=O)N[C@](C=O)(CNCc1ccccc1)COC(F)F. The predicted molar refractivity (Wildman–Crippen MR) is 76.9 cm³/mol. The normalized spacial score (nSPS) is 14.7. The number of nitrogens with one attached hydrogen (secondary N) is 2. The van der Waals surface area contributed by atoms with Crippen molar-refractivity contribution in [2.45, 2.75) is 18.7 Å². The van der Waals surface area contributed by atoms with E-state index in [0.717, 1.165) is 11.8 Å². The Bertz CT molecular complexity index is 569. The fourth-order valence-corrected chi connectivity index (χ4v) is 2.74. The maximum atomic E-state index is 12.2. The zero-order valence-corrected chi connectivity index (χ0v) is 12.8. The molecule has 0 aliphatic carbocycles. The summed E-state index contributed by atoms with van der Waals surface area (Å²) >= 11 is 0. The van der Waals surface area contributed by atoms with E-state index >= 15 is 0 Å². The van der Waals surface area contributed by atoms with Crippen LogP contribution in [0.5, 0.6) is 0 Å². The molecule has 0 aliphatic rings. The first-order valence-corrected chi connectivity index (χ1v) is 8.25. The third-order valence-electron chi connectivity index (χ3n) is 2.69. The van der Waals surface area contributed by atoms with E-state index in [-0.39, 0.29) is 12.8 Å². The molecule has 2 N–H and O–H groups in total. The van der Waals surface area contributed by atoms with Crippen molar-refractivity contribution in [2.75, 3.05) is 19.4 Å². The lowest BCUT2D eigenvalue weighted by atomic mass is 10.0. The molecule has 124 valence electrons. The molecule has 1 aromatic rings. The van der Waals surface area contributed by atoms with Crippen molar-refractivity contribution in [3.8, 4) is 0 Å². The van der Waals surface area contributed by atoms with Gasteiger partial charge in [-0.1, -0.05) is 30.3 Å². The van der Waals surface area contributed by atoms with E-state index in [1.165, 1.54) is 0 Å². The van der Waals surface area contributed by atoms with Crippen molar-refractivity contribution in [1.29, 1.82) is 0 Å². The Balaban J connectivity index is 2.73. The first-order valence-electron chi connectivity index (χ1n) is 6.36. The predicted octanol–water partition coefficient (Wildman–Crippen LogP) is 0.502. The average Bonchev–Trinajstić information content (AvgIpc) is 2.44. The molecule has 0 unspecified atom stereocenters. The van der Waals surface area contributed by atoms with Crippen LogP contribution in [0, 0.1) is 0 Å². The number of ether oxygens (including phenoxy) is 1. The highest BCUT2D eigenvalue weighted by Gasteiger charge is 2.34. The molecule has 1 atom stereocenters. The van der Waals surface area contributed by atoms with Crippen LogP contribution in [0.25, 0.3) is 0 Å². The molecular formula is C13H18F2N2O4S. The van der Waals surface area contributed by atoms with Gasteiger partial charge in [-0.2, -0.15) is 13.5 Å². The van der Waals surface area contributed by atoms with Gasteiger partial charge >= 0.3 is 6.61 Å². The number of carbonyl (C=O) groups excluding carboxylic acids is 1. The van der Waals surface area contributed by atoms with Crippen molar-refractivity contribution in [3.05, 3.63) is 35.9 Å². The van der Waals surface area contributed by atoms with Crippen LogP contribution in [0.3, 0.4) is 0 Å². The molecule has 0 saturated heterocycles. The molecule has 6 nitrogen and oxygen atoms in total. The average molecular weight is 336 g/mol. The molecule has 0 bridgehead atoms. The van der Waals surface area contributed by atoms with Crippen LogP contribution >= 0.6 is 0 Å². The van der Waals surface area contributed by atoms with Crippen LogP contribution < -0.4 is 10.0 Å². The summed E-state index contributed by atoms with van der Waals surface area (Å²) in [7, 11) is -3.78. The molecule has 9 heteroatoms. The first-order chi connectivity index (χ1) is 10.3. The summed E-state index contributed by atoms with van der Waals surface area (Å²) in [5, 5.41) is 2.86. The highest BCUT2D eigenvalue weighted by atomic mass is 32.2. The highest BCUT2D eigenvalue weighted by Crippen LogP contribution is 2.08. The molecule has 0 aromatic heterocycles. The zero-order valence-electron chi connectivity index (χ0n) is 12.0. The zero-order chi connectivity index (χ0) is 16.6. The summed E-state index contributed by atoms with van der Waals surface area (Å²) in [6.45, 7) is -3.72. The summed E-state index contributed by atoms with van der Waals surface area (Å²) in [4.78, 5) is 11.3. The molecule has 0 spiro atoms. The summed E-state index contributed by atoms with van der Waals surface area (Å²) < 4.78 is 53.2. The first kappa shape index (κ1) is 18.6. The quantitative estimate of drug-likeness (QED) is 0.608. The van der Waals surface area contributed by atoms with Crippen LogP contribution in [0.15, 0.2) is 30.3 Å². The third-order valence-corrected chi connectivity index (χ3v) is 3.47. The van der Waals surface area contributed by atoms with E-state index in [4.69, 9.17) is 0 Å². The van der Waals surface area contributed by atoms with Gasteiger partial charge in [-0.3, -0.25) is 0 Å². The second-order valence-electron chi connectivity index (χ2n) is 4.81. The van der Waals surface area contributed by atoms with Gasteiger partial charge in [-0.25, -0.2) is 8.42 Å². The molecule has 0 aliphatic heterocycles. The van der Waals surface area contributed by atoms with Crippen molar-refractivity contribution in [3.63, 3.8) is 0 Å². The monoisotopic (exact) mass is 336 g/mol. The lowest BCUT2D eigenvalue weighted by molar-refractivity contribution is -0.146.